The summed E-state index contributed by atoms with van der Waals surface area (Å²) >= 11 is 0. The number of hydrogen-bond donors (Lipinski definition) is 0. The zero-order valence-electron chi connectivity index (χ0n) is 13.9. The number of carbonyl (C=O) groups excluding carboxylic acids is 1. The molecule has 0 fully saturated rings. The number of hydrogen-bond acceptors (Lipinski definition) is 3. The summed E-state index contributed by atoms with van der Waals surface area (Å²) in [6.07, 6.45) is 2.41. The third-order valence-electron chi connectivity index (χ3n) is 4.09. The van der Waals surface area contributed by atoms with Crippen molar-refractivity contribution in [2.24, 2.45) is 0 Å². The molecule has 0 saturated carbocycles. The highest BCUT2D eigenvalue weighted by atomic mass is 16.5. The fourth-order valence-corrected chi connectivity index (χ4v) is 3.23. The summed E-state index contributed by atoms with van der Waals surface area (Å²) in [7, 11) is 0. The van der Waals surface area contributed by atoms with Gasteiger partial charge in [0.2, 0.25) is 0 Å². The van der Waals surface area contributed by atoms with Gasteiger partial charge >= 0.3 is 5.97 Å². The lowest BCUT2D eigenvalue weighted by atomic mass is 9.80. The molecule has 1 aromatic rings. The Morgan fingerprint density at radius 2 is 1.71 bits per heavy atom. The molecule has 118 valence electrons. The van der Waals surface area contributed by atoms with E-state index in [0.29, 0.717) is 13.0 Å². The van der Waals surface area contributed by atoms with Crippen molar-refractivity contribution in [1.82, 2.24) is 4.90 Å². The van der Waals surface area contributed by atoms with Gasteiger partial charge in [0.1, 0.15) is 0 Å². The minimum atomic E-state index is -0.258. The molecular weight excluding hydrogens is 262 g/mol. The van der Waals surface area contributed by atoms with Gasteiger partial charge < -0.3 is 4.74 Å². The molecule has 1 atom stereocenters. The minimum Gasteiger partial charge on any atom is -0.466 e. The third kappa shape index (κ3) is 4.31. The molecule has 0 saturated heterocycles. The first-order valence-corrected chi connectivity index (χ1v) is 8.10. The van der Waals surface area contributed by atoms with E-state index in [1.54, 1.807) is 0 Å². The number of nitrogens with zero attached hydrogens (tertiary/aromatic N) is 1. The van der Waals surface area contributed by atoms with Gasteiger partial charge in [0.15, 0.2) is 0 Å². The van der Waals surface area contributed by atoms with Crippen LogP contribution in [-0.2, 0) is 15.1 Å². The van der Waals surface area contributed by atoms with Crippen molar-refractivity contribution in [2.75, 3.05) is 19.7 Å². The molecule has 0 amide bonds. The van der Waals surface area contributed by atoms with E-state index in [9.17, 15) is 4.79 Å². The molecule has 0 radical (unpaired) electrons. The number of ether oxygens (including phenoxy) is 1. The van der Waals surface area contributed by atoms with E-state index in [1.807, 2.05) is 25.1 Å². The molecule has 0 aliphatic rings. The largest absolute Gasteiger partial charge is 0.466 e. The van der Waals surface area contributed by atoms with Crippen LogP contribution in [-0.4, -0.2) is 30.6 Å². The summed E-state index contributed by atoms with van der Waals surface area (Å²) in [5.41, 5.74) is 0.953. The molecule has 0 aromatic heterocycles. The zero-order chi connectivity index (χ0) is 15.7. The first-order chi connectivity index (χ1) is 10.1. The lowest BCUT2D eigenvalue weighted by Gasteiger charge is -2.43. The van der Waals surface area contributed by atoms with E-state index in [-0.39, 0.29) is 11.5 Å². The maximum absolute atomic E-state index is 12.2. The van der Waals surface area contributed by atoms with Crippen molar-refractivity contribution in [3.8, 4) is 0 Å². The summed E-state index contributed by atoms with van der Waals surface area (Å²) < 4.78 is 5.24. The van der Waals surface area contributed by atoms with Gasteiger partial charge in [0, 0.05) is 0 Å². The summed E-state index contributed by atoms with van der Waals surface area (Å²) in [4.78, 5) is 14.6. The second kappa shape index (κ2) is 8.83. The Bertz CT molecular complexity index is 414. The molecule has 1 aromatic carbocycles. The van der Waals surface area contributed by atoms with Crippen LogP contribution in [0.4, 0.5) is 0 Å². The van der Waals surface area contributed by atoms with Crippen molar-refractivity contribution in [1.29, 1.82) is 0 Å². The van der Waals surface area contributed by atoms with Crippen LogP contribution in [0.2, 0.25) is 0 Å². The molecule has 0 N–H and O–H groups in total. The predicted octanol–water partition coefficient (Wildman–Crippen LogP) is 3.98. The first-order valence-electron chi connectivity index (χ1n) is 8.10. The second-order valence-corrected chi connectivity index (χ2v) is 5.30. The average molecular weight is 291 g/mol. The predicted molar refractivity (Wildman–Crippen MR) is 87.2 cm³/mol. The standard InChI is InChI=1S/C18H29NO2/c1-5-14-18(19(6-2)7-3,15-17(20)21-8-4)16-12-10-9-11-13-16/h9-13H,5-8,14-15H2,1-4H3. The van der Waals surface area contributed by atoms with Gasteiger partial charge in [-0.15, -0.1) is 0 Å². The Balaban J connectivity index is 3.24. The highest BCUT2D eigenvalue weighted by Gasteiger charge is 2.38. The van der Waals surface area contributed by atoms with Gasteiger partial charge in [0.25, 0.3) is 0 Å². The van der Waals surface area contributed by atoms with Gasteiger partial charge in [-0.3, -0.25) is 9.69 Å². The topological polar surface area (TPSA) is 29.5 Å². The van der Waals surface area contributed by atoms with E-state index in [4.69, 9.17) is 4.74 Å². The highest BCUT2D eigenvalue weighted by molar-refractivity contribution is 5.71. The van der Waals surface area contributed by atoms with Crippen LogP contribution in [0.5, 0.6) is 0 Å². The lowest BCUT2D eigenvalue weighted by Crippen LogP contribution is -2.47. The van der Waals surface area contributed by atoms with E-state index >= 15 is 0 Å². The van der Waals surface area contributed by atoms with Gasteiger partial charge in [-0.05, 0) is 32.0 Å². The van der Waals surface area contributed by atoms with Crippen LogP contribution < -0.4 is 0 Å². The molecule has 3 heteroatoms. The van der Waals surface area contributed by atoms with Gasteiger partial charge in [-0.2, -0.15) is 0 Å². The molecule has 0 bridgehead atoms. The van der Waals surface area contributed by atoms with Gasteiger partial charge in [-0.25, -0.2) is 0 Å². The van der Waals surface area contributed by atoms with E-state index in [2.05, 4.69) is 37.8 Å². The van der Waals surface area contributed by atoms with Crippen molar-refractivity contribution >= 4 is 5.97 Å². The molecule has 0 aliphatic carbocycles. The van der Waals surface area contributed by atoms with Crippen LogP contribution >= 0.6 is 0 Å². The summed E-state index contributed by atoms with van der Waals surface area (Å²) in [5, 5.41) is 0. The number of carbonyl (C=O) groups is 1. The van der Waals surface area contributed by atoms with Crippen LogP contribution in [0.25, 0.3) is 0 Å². The number of rotatable bonds is 9. The summed E-state index contributed by atoms with van der Waals surface area (Å²) in [6.45, 7) is 10.6. The first kappa shape index (κ1) is 17.7. The maximum atomic E-state index is 12.2. The van der Waals surface area contributed by atoms with Gasteiger partial charge in [-0.1, -0.05) is 57.5 Å². The normalized spacial score (nSPS) is 14.0. The summed E-state index contributed by atoms with van der Waals surface area (Å²) in [6, 6.07) is 10.4. The fourth-order valence-electron chi connectivity index (χ4n) is 3.23. The van der Waals surface area contributed by atoms with Crippen molar-refractivity contribution < 1.29 is 9.53 Å². The van der Waals surface area contributed by atoms with E-state index in [0.717, 1.165) is 25.9 Å². The quantitative estimate of drug-likeness (QED) is 0.645. The fraction of sp³-hybridized carbons (Fsp3) is 0.611. The Labute approximate surface area is 129 Å². The van der Waals surface area contributed by atoms with Crippen molar-refractivity contribution in [3.63, 3.8) is 0 Å². The SMILES string of the molecule is CCCC(CC(=O)OCC)(c1ccccc1)N(CC)CC. The lowest BCUT2D eigenvalue weighted by molar-refractivity contribution is -0.147. The number of esters is 1. The van der Waals surface area contributed by atoms with Crippen molar-refractivity contribution in [3.05, 3.63) is 35.9 Å². The molecule has 0 heterocycles. The third-order valence-corrected chi connectivity index (χ3v) is 4.09. The number of benzene rings is 1. The zero-order valence-corrected chi connectivity index (χ0v) is 13.9. The molecular formula is C18H29NO2. The highest BCUT2D eigenvalue weighted by Crippen LogP contribution is 2.37. The molecule has 1 rings (SSSR count). The molecule has 1 unspecified atom stereocenters. The molecule has 21 heavy (non-hydrogen) atoms. The molecule has 0 spiro atoms. The Morgan fingerprint density at radius 3 is 2.19 bits per heavy atom. The average Bonchev–Trinajstić information content (AvgIpc) is 2.49. The van der Waals surface area contributed by atoms with Crippen LogP contribution in [0.1, 0.15) is 52.5 Å². The monoisotopic (exact) mass is 291 g/mol. The van der Waals surface area contributed by atoms with Crippen LogP contribution in [0, 0.1) is 0 Å². The van der Waals surface area contributed by atoms with Crippen LogP contribution in [0.15, 0.2) is 30.3 Å². The van der Waals surface area contributed by atoms with Crippen molar-refractivity contribution in [2.45, 2.75) is 52.5 Å². The Kier molecular flexibility index (Phi) is 7.44. The summed E-state index contributed by atoms with van der Waals surface area (Å²) in [5.74, 6) is -0.110. The second-order valence-electron chi connectivity index (χ2n) is 5.30. The van der Waals surface area contributed by atoms with E-state index in [1.165, 1.54) is 5.56 Å². The molecule has 0 aliphatic heterocycles. The Morgan fingerprint density at radius 1 is 1.10 bits per heavy atom. The Hall–Kier alpha value is -1.35. The maximum Gasteiger partial charge on any atom is 0.308 e. The van der Waals surface area contributed by atoms with Gasteiger partial charge in [0.05, 0.1) is 18.6 Å². The minimum absolute atomic E-state index is 0.110. The van der Waals surface area contributed by atoms with Crippen LogP contribution in [0.3, 0.4) is 0 Å². The molecule has 3 nitrogen and oxygen atoms in total. The van der Waals surface area contributed by atoms with E-state index < -0.39 is 0 Å². The smallest absolute Gasteiger partial charge is 0.308 e.